The molecule has 17 heavy (non-hydrogen) atoms. The van der Waals surface area contributed by atoms with E-state index in [1.165, 1.54) is 12.8 Å². The van der Waals surface area contributed by atoms with Gasteiger partial charge in [0.1, 0.15) is 0 Å². The Bertz CT molecular complexity index is 434. The van der Waals surface area contributed by atoms with Gasteiger partial charge in [0.15, 0.2) is 0 Å². The van der Waals surface area contributed by atoms with Crippen LogP contribution in [0, 0.1) is 23.0 Å². The van der Waals surface area contributed by atoms with Gasteiger partial charge in [-0.15, -0.1) is 0 Å². The van der Waals surface area contributed by atoms with Crippen molar-refractivity contribution in [3.8, 4) is 0 Å². The Kier molecular flexibility index (Phi) is 3.26. The second kappa shape index (κ2) is 4.69. The van der Waals surface area contributed by atoms with E-state index in [4.69, 9.17) is 0 Å². The summed E-state index contributed by atoms with van der Waals surface area (Å²) in [6.07, 6.45) is 5.04. The molecule has 0 bridgehead atoms. The van der Waals surface area contributed by atoms with Crippen molar-refractivity contribution in [1.29, 1.82) is 0 Å². The molecule has 0 saturated heterocycles. The van der Waals surface area contributed by atoms with Crippen molar-refractivity contribution in [2.75, 3.05) is 5.32 Å². The van der Waals surface area contributed by atoms with Crippen molar-refractivity contribution in [3.63, 3.8) is 0 Å². The van der Waals surface area contributed by atoms with Gasteiger partial charge in [-0.3, -0.25) is 10.1 Å². The molecule has 2 unspecified atom stereocenters. The summed E-state index contributed by atoms with van der Waals surface area (Å²) in [7, 11) is 0. The molecule has 2 atom stereocenters. The second-order valence-corrected chi connectivity index (χ2v) is 4.74. The maximum atomic E-state index is 11.0. The minimum absolute atomic E-state index is 0.103. The predicted molar refractivity (Wildman–Crippen MR) is 66.1 cm³/mol. The number of pyridine rings is 1. The van der Waals surface area contributed by atoms with E-state index in [9.17, 15) is 10.1 Å². The number of rotatable bonds is 3. The molecule has 5 nitrogen and oxygen atoms in total. The predicted octanol–water partition coefficient (Wildman–Crippen LogP) is 2.90. The molecular formula is C12H17N3O2. The summed E-state index contributed by atoms with van der Waals surface area (Å²) in [5.74, 6) is 0.964. The minimum Gasteiger partial charge on any atom is -0.361 e. The summed E-state index contributed by atoms with van der Waals surface area (Å²) in [6, 6.07) is 1.98. The molecular weight excluding hydrogens is 218 g/mol. The van der Waals surface area contributed by atoms with Crippen molar-refractivity contribution in [1.82, 2.24) is 4.98 Å². The van der Waals surface area contributed by atoms with Gasteiger partial charge in [0, 0.05) is 17.8 Å². The highest BCUT2D eigenvalue weighted by Crippen LogP contribution is 2.31. The first-order chi connectivity index (χ1) is 8.09. The normalized spacial score (nSPS) is 23.6. The molecule has 0 aliphatic heterocycles. The van der Waals surface area contributed by atoms with Crippen LogP contribution in [0.2, 0.25) is 0 Å². The highest BCUT2D eigenvalue weighted by molar-refractivity contribution is 5.60. The SMILES string of the molecule is Cc1ccnc(NC2CCCC2C)c1[N+](=O)[O-]. The van der Waals surface area contributed by atoms with Gasteiger partial charge in [0.25, 0.3) is 0 Å². The van der Waals surface area contributed by atoms with Crippen LogP contribution in [0.1, 0.15) is 31.7 Å². The molecule has 1 aromatic heterocycles. The van der Waals surface area contributed by atoms with Crippen LogP contribution in [0.25, 0.3) is 0 Å². The van der Waals surface area contributed by atoms with Gasteiger partial charge < -0.3 is 5.32 Å². The van der Waals surface area contributed by atoms with Crippen molar-refractivity contribution in [3.05, 3.63) is 27.9 Å². The third-order valence-corrected chi connectivity index (χ3v) is 3.49. The van der Waals surface area contributed by atoms with E-state index in [-0.39, 0.29) is 10.6 Å². The van der Waals surface area contributed by atoms with Gasteiger partial charge in [0.2, 0.25) is 5.82 Å². The molecule has 0 aromatic carbocycles. The third kappa shape index (κ3) is 2.38. The quantitative estimate of drug-likeness (QED) is 0.646. The Morgan fingerprint density at radius 3 is 2.88 bits per heavy atom. The second-order valence-electron chi connectivity index (χ2n) is 4.74. The first-order valence-corrected chi connectivity index (χ1v) is 5.96. The van der Waals surface area contributed by atoms with E-state index in [1.54, 1.807) is 19.2 Å². The summed E-state index contributed by atoms with van der Waals surface area (Å²) in [4.78, 5) is 14.8. The van der Waals surface area contributed by atoms with Crippen LogP contribution >= 0.6 is 0 Å². The zero-order valence-corrected chi connectivity index (χ0v) is 10.1. The molecule has 1 aromatic rings. The Labute approximate surface area is 100 Å². The molecule has 1 N–H and O–H groups in total. The lowest BCUT2D eigenvalue weighted by atomic mass is 10.1. The fourth-order valence-electron chi connectivity index (χ4n) is 2.42. The van der Waals surface area contributed by atoms with Crippen LogP contribution in [-0.2, 0) is 0 Å². The summed E-state index contributed by atoms with van der Waals surface area (Å²) in [6.45, 7) is 3.91. The molecule has 2 rings (SSSR count). The topological polar surface area (TPSA) is 68.1 Å². The number of nitrogens with one attached hydrogen (secondary N) is 1. The molecule has 1 aliphatic rings. The van der Waals surface area contributed by atoms with Crippen LogP contribution in [0.4, 0.5) is 11.5 Å². The summed E-state index contributed by atoms with van der Waals surface area (Å²) in [5.41, 5.74) is 0.754. The Hall–Kier alpha value is -1.65. The molecule has 0 radical (unpaired) electrons. The van der Waals surface area contributed by atoms with Gasteiger partial charge in [-0.25, -0.2) is 4.98 Å². The molecule has 1 fully saturated rings. The van der Waals surface area contributed by atoms with Crippen LogP contribution in [0.15, 0.2) is 12.3 Å². The molecule has 5 heteroatoms. The maximum absolute atomic E-state index is 11.0. The van der Waals surface area contributed by atoms with Gasteiger partial charge in [-0.1, -0.05) is 13.3 Å². The van der Waals surface area contributed by atoms with E-state index in [0.29, 0.717) is 23.3 Å². The molecule has 0 spiro atoms. The van der Waals surface area contributed by atoms with E-state index in [2.05, 4.69) is 17.2 Å². The third-order valence-electron chi connectivity index (χ3n) is 3.49. The van der Waals surface area contributed by atoms with Crippen LogP contribution < -0.4 is 5.32 Å². The summed E-state index contributed by atoms with van der Waals surface area (Å²) >= 11 is 0. The molecule has 92 valence electrons. The smallest absolute Gasteiger partial charge is 0.314 e. The fraction of sp³-hybridized carbons (Fsp3) is 0.583. The van der Waals surface area contributed by atoms with Crippen molar-refractivity contribution in [2.24, 2.45) is 5.92 Å². The van der Waals surface area contributed by atoms with Crippen molar-refractivity contribution >= 4 is 11.5 Å². The maximum Gasteiger partial charge on any atom is 0.314 e. The van der Waals surface area contributed by atoms with Gasteiger partial charge >= 0.3 is 5.69 Å². The number of anilines is 1. The standard InChI is InChI=1S/C12H17N3O2/c1-8-4-3-5-10(8)14-12-11(15(16)17)9(2)6-7-13-12/h6-8,10H,3-5H2,1-2H3,(H,13,14). The molecule has 1 saturated carbocycles. The van der Waals surface area contributed by atoms with E-state index in [1.807, 2.05) is 0 Å². The van der Waals surface area contributed by atoms with Crippen molar-refractivity contribution < 1.29 is 4.92 Å². The number of nitro groups is 1. The molecule has 1 aliphatic carbocycles. The number of nitrogens with zero attached hydrogens (tertiary/aromatic N) is 2. The highest BCUT2D eigenvalue weighted by Gasteiger charge is 2.27. The Balaban J connectivity index is 2.26. The zero-order valence-electron chi connectivity index (χ0n) is 10.1. The van der Waals surface area contributed by atoms with E-state index < -0.39 is 0 Å². The fourth-order valence-corrected chi connectivity index (χ4v) is 2.42. The number of aryl methyl sites for hydroxylation is 1. The highest BCUT2D eigenvalue weighted by atomic mass is 16.6. The average Bonchev–Trinajstić information content (AvgIpc) is 2.64. The molecule has 0 amide bonds. The summed E-state index contributed by atoms with van der Waals surface area (Å²) < 4.78 is 0. The van der Waals surface area contributed by atoms with Crippen LogP contribution in [-0.4, -0.2) is 15.9 Å². The number of aromatic nitrogens is 1. The number of hydrogen-bond donors (Lipinski definition) is 1. The largest absolute Gasteiger partial charge is 0.361 e. The first-order valence-electron chi connectivity index (χ1n) is 5.96. The Morgan fingerprint density at radius 1 is 1.53 bits per heavy atom. The lowest BCUT2D eigenvalue weighted by Crippen LogP contribution is -2.23. The van der Waals surface area contributed by atoms with Gasteiger partial charge in [0.05, 0.1) is 4.92 Å². The van der Waals surface area contributed by atoms with E-state index in [0.717, 1.165) is 6.42 Å². The number of hydrogen-bond acceptors (Lipinski definition) is 4. The van der Waals surface area contributed by atoms with Crippen LogP contribution in [0.3, 0.4) is 0 Å². The lowest BCUT2D eigenvalue weighted by molar-refractivity contribution is -0.384. The van der Waals surface area contributed by atoms with Crippen LogP contribution in [0.5, 0.6) is 0 Å². The molecule has 1 heterocycles. The van der Waals surface area contributed by atoms with Crippen molar-refractivity contribution in [2.45, 2.75) is 39.2 Å². The lowest BCUT2D eigenvalue weighted by Gasteiger charge is -2.18. The Morgan fingerprint density at radius 2 is 2.29 bits per heavy atom. The van der Waals surface area contributed by atoms with E-state index >= 15 is 0 Å². The van der Waals surface area contributed by atoms with Gasteiger partial charge in [-0.05, 0) is 31.7 Å². The minimum atomic E-state index is -0.357. The zero-order chi connectivity index (χ0) is 12.4. The summed E-state index contributed by atoms with van der Waals surface area (Å²) in [5, 5.41) is 14.3. The monoisotopic (exact) mass is 235 g/mol. The van der Waals surface area contributed by atoms with Gasteiger partial charge in [-0.2, -0.15) is 0 Å². The average molecular weight is 235 g/mol. The first kappa shape index (κ1) is 11.8.